The number of anilines is 1. The first-order chi connectivity index (χ1) is 17.1. The number of nitrogens with zero attached hydrogens (tertiary/aromatic N) is 2. The fourth-order valence-corrected chi connectivity index (χ4v) is 5.57. The lowest BCUT2D eigenvalue weighted by atomic mass is 10.1. The molecule has 0 fully saturated rings. The Hall–Kier alpha value is -3.36. The highest BCUT2D eigenvalue weighted by molar-refractivity contribution is 7.92. The Balaban J connectivity index is 2.07. The summed E-state index contributed by atoms with van der Waals surface area (Å²) in [5.74, 6) is -0.888. The van der Waals surface area contributed by atoms with Crippen LogP contribution in [0.4, 0.5) is 5.69 Å². The third-order valence-corrected chi connectivity index (χ3v) is 8.12. The highest BCUT2D eigenvalue weighted by Crippen LogP contribution is 2.29. The first kappa shape index (κ1) is 27.2. The zero-order valence-corrected chi connectivity index (χ0v) is 22.3. The van der Waals surface area contributed by atoms with E-state index < -0.39 is 28.5 Å². The Morgan fingerprint density at radius 1 is 0.972 bits per heavy atom. The van der Waals surface area contributed by atoms with Crippen molar-refractivity contribution in [1.29, 1.82) is 0 Å². The first-order valence-corrected chi connectivity index (χ1v) is 13.3. The molecule has 3 aromatic carbocycles. The van der Waals surface area contributed by atoms with E-state index in [2.05, 4.69) is 5.32 Å². The molecule has 0 aliphatic heterocycles. The normalized spacial score (nSPS) is 12.0. The van der Waals surface area contributed by atoms with Crippen LogP contribution in [0.2, 0.25) is 5.02 Å². The van der Waals surface area contributed by atoms with Gasteiger partial charge in [-0.1, -0.05) is 54.1 Å². The van der Waals surface area contributed by atoms with Crippen molar-refractivity contribution in [3.05, 3.63) is 94.5 Å². The molecule has 190 valence electrons. The molecule has 0 heterocycles. The molecule has 0 aromatic heterocycles. The Kier molecular flexibility index (Phi) is 8.76. The summed E-state index contributed by atoms with van der Waals surface area (Å²) in [6.45, 7) is 4.91. The highest BCUT2D eigenvalue weighted by Gasteiger charge is 2.33. The van der Waals surface area contributed by atoms with Crippen molar-refractivity contribution >= 4 is 39.1 Å². The third-order valence-electron chi connectivity index (χ3n) is 6.11. The molecule has 1 N–H and O–H groups in total. The maximum atomic E-state index is 13.8. The van der Waals surface area contributed by atoms with Crippen LogP contribution < -0.4 is 9.62 Å². The smallest absolute Gasteiger partial charge is 0.264 e. The Morgan fingerprint density at radius 2 is 1.64 bits per heavy atom. The lowest BCUT2D eigenvalue weighted by Gasteiger charge is -2.32. The second-order valence-corrected chi connectivity index (χ2v) is 10.8. The minimum Gasteiger partial charge on any atom is -0.357 e. The van der Waals surface area contributed by atoms with Gasteiger partial charge in [-0.2, -0.15) is 0 Å². The largest absolute Gasteiger partial charge is 0.357 e. The van der Waals surface area contributed by atoms with E-state index in [-0.39, 0.29) is 17.3 Å². The van der Waals surface area contributed by atoms with E-state index in [1.54, 1.807) is 61.5 Å². The molecule has 3 aromatic rings. The molecule has 3 rings (SSSR count). The molecule has 0 saturated carbocycles. The molecule has 0 spiro atoms. The molecule has 0 aliphatic rings. The number of sulfonamides is 1. The maximum absolute atomic E-state index is 13.8. The molecule has 1 unspecified atom stereocenters. The predicted molar refractivity (Wildman–Crippen MR) is 142 cm³/mol. The van der Waals surface area contributed by atoms with E-state index >= 15 is 0 Å². The quantitative estimate of drug-likeness (QED) is 0.449. The minimum atomic E-state index is -4.09. The number of hydrogen-bond acceptors (Lipinski definition) is 4. The van der Waals surface area contributed by atoms with E-state index in [0.29, 0.717) is 10.7 Å². The van der Waals surface area contributed by atoms with Gasteiger partial charge in [0.2, 0.25) is 11.8 Å². The number of halogens is 1. The minimum absolute atomic E-state index is 0.0689. The Morgan fingerprint density at radius 3 is 2.28 bits per heavy atom. The fourth-order valence-electron chi connectivity index (χ4n) is 3.86. The molecule has 0 aliphatic carbocycles. The summed E-state index contributed by atoms with van der Waals surface area (Å²) in [5.41, 5.74) is 2.76. The summed E-state index contributed by atoms with van der Waals surface area (Å²) in [7, 11) is -2.60. The molecule has 7 nitrogen and oxygen atoms in total. The van der Waals surface area contributed by atoms with E-state index in [1.165, 1.54) is 24.1 Å². The van der Waals surface area contributed by atoms with E-state index in [0.717, 1.165) is 21.0 Å². The van der Waals surface area contributed by atoms with Crippen molar-refractivity contribution in [3.8, 4) is 0 Å². The summed E-state index contributed by atoms with van der Waals surface area (Å²) < 4.78 is 28.7. The first-order valence-electron chi connectivity index (χ1n) is 11.5. The van der Waals surface area contributed by atoms with Gasteiger partial charge in [-0.3, -0.25) is 13.9 Å². The van der Waals surface area contributed by atoms with Gasteiger partial charge in [-0.05, 0) is 67.8 Å². The van der Waals surface area contributed by atoms with Gasteiger partial charge in [0.1, 0.15) is 12.6 Å². The summed E-state index contributed by atoms with van der Waals surface area (Å²) in [5, 5.41) is 3.06. The van der Waals surface area contributed by atoms with Crippen LogP contribution in [0.3, 0.4) is 0 Å². The number of hydrogen-bond donors (Lipinski definition) is 1. The van der Waals surface area contributed by atoms with Crippen molar-refractivity contribution in [2.45, 2.75) is 38.3 Å². The van der Waals surface area contributed by atoms with Gasteiger partial charge in [0.25, 0.3) is 10.0 Å². The van der Waals surface area contributed by atoms with Gasteiger partial charge in [0.15, 0.2) is 0 Å². The van der Waals surface area contributed by atoms with Crippen LogP contribution in [-0.2, 0) is 26.2 Å². The van der Waals surface area contributed by atoms with Crippen molar-refractivity contribution < 1.29 is 18.0 Å². The van der Waals surface area contributed by atoms with Crippen molar-refractivity contribution in [3.63, 3.8) is 0 Å². The number of nitrogens with one attached hydrogen (secondary N) is 1. The van der Waals surface area contributed by atoms with Gasteiger partial charge in [0.05, 0.1) is 10.6 Å². The van der Waals surface area contributed by atoms with Gasteiger partial charge in [-0.15, -0.1) is 0 Å². The van der Waals surface area contributed by atoms with Gasteiger partial charge >= 0.3 is 0 Å². The van der Waals surface area contributed by atoms with E-state index in [1.807, 2.05) is 19.9 Å². The molecule has 36 heavy (non-hydrogen) atoms. The Labute approximate surface area is 217 Å². The van der Waals surface area contributed by atoms with E-state index in [4.69, 9.17) is 11.6 Å². The lowest BCUT2D eigenvalue weighted by molar-refractivity contribution is -0.139. The molecular weight excluding hydrogens is 498 g/mol. The summed E-state index contributed by atoms with van der Waals surface area (Å²) >= 11 is 6.13. The summed E-state index contributed by atoms with van der Waals surface area (Å²) in [4.78, 5) is 27.7. The number of rotatable bonds is 9. The number of amides is 2. The van der Waals surface area contributed by atoms with Crippen LogP contribution in [0, 0.1) is 13.8 Å². The molecule has 2 amide bonds. The lowest BCUT2D eigenvalue weighted by Crippen LogP contribution is -2.50. The number of benzene rings is 3. The van der Waals surface area contributed by atoms with Crippen LogP contribution in [-0.4, -0.2) is 44.8 Å². The summed E-state index contributed by atoms with van der Waals surface area (Å²) in [6.07, 6.45) is 0. The average Bonchev–Trinajstić information content (AvgIpc) is 2.87. The molecular formula is C27H30ClN3O4S. The topological polar surface area (TPSA) is 86.8 Å². The maximum Gasteiger partial charge on any atom is 0.264 e. The molecule has 1 atom stereocenters. The number of carbonyl (C=O) groups is 2. The monoisotopic (exact) mass is 527 g/mol. The van der Waals surface area contributed by atoms with Crippen LogP contribution in [0.5, 0.6) is 0 Å². The second kappa shape index (κ2) is 11.6. The van der Waals surface area contributed by atoms with Gasteiger partial charge in [-0.25, -0.2) is 8.42 Å². The van der Waals surface area contributed by atoms with Gasteiger partial charge in [0, 0.05) is 18.6 Å². The van der Waals surface area contributed by atoms with Crippen molar-refractivity contribution in [2.75, 3.05) is 17.9 Å². The second-order valence-electron chi connectivity index (χ2n) is 8.49. The van der Waals surface area contributed by atoms with Crippen molar-refractivity contribution in [2.24, 2.45) is 0 Å². The average molecular weight is 528 g/mol. The summed E-state index contributed by atoms with van der Waals surface area (Å²) in [6, 6.07) is 19.4. The zero-order valence-electron chi connectivity index (χ0n) is 20.7. The number of aryl methyl sites for hydroxylation is 1. The number of likely N-dealkylation sites (N-methyl/N-ethyl adjacent to an activating group) is 1. The third kappa shape index (κ3) is 6.06. The van der Waals surface area contributed by atoms with Crippen LogP contribution in [0.25, 0.3) is 0 Å². The number of carbonyl (C=O) groups excluding carboxylic acids is 2. The van der Waals surface area contributed by atoms with Gasteiger partial charge < -0.3 is 10.2 Å². The zero-order chi connectivity index (χ0) is 26.5. The highest BCUT2D eigenvalue weighted by atomic mass is 35.5. The standard InChI is InChI=1S/C27H30ClN3O4S/c1-19-10-8-15-25(20(19)2)31(36(34,35)24-13-6-5-7-14-24)18-26(32)30(21(3)27(33)29-4)17-22-11-9-12-23(28)16-22/h5-16,21H,17-18H2,1-4H3,(H,29,33). The molecule has 0 saturated heterocycles. The fraction of sp³-hybridized carbons (Fsp3) is 0.259. The molecule has 0 bridgehead atoms. The van der Waals surface area contributed by atoms with Crippen LogP contribution in [0.1, 0.15) is 23.6 Å². The Bertz CT molecular complexity index is 1350. The SMILES string of the molecule is CNC(=O)C(C)N(Cc1cccc(Cl)c1)C(=O)CN(c1cccc(C)c1C)S(=O)(=O)c1ccccc1. The van der Waals surface area contributed by atoms with Crippen molar-refractivity contribution in [1.82, 2.24) is 10.2 Å². The predicted octanol–water partition coefficient (Wildman–Crippen LogP) is 4.32. The molecule has 0 radical (unpaired) electrons. The van der Waals surface area contributed by atoms with Crippen LogP contribution in [0.15, 0.2) is 77.7 Å². The molecule has 9 heteroatoms. The van der Waals surface area contributed by atoms with Crippen LogP contribution >= 0.6 is 11.6 Å². The van der Waals surface area contributed by atoms with E-state index in [9.17, 15) is 18.0 Å².